The van der Waals surface area contributed by atoms with E-state index in [1.165, 1.54) is 11.3 Å². The highest BCUT2D eigenvalue weighted by Gasteiger charge is 2.35. The molecule has 0 spiro atoms. The Kier molecular flexibility index (Phi) is 2.75. The first-order valence-corrected chi connectivity index (χ1v) is 6.00. The Bertz CT molecular complexity index is 389. The largest absolute Gasteiger partial charge is 0.388 e. The highest BCUT2D eigenvalue weighted by atomic mass is 35.5. The van der Waals surface area contributed by atoms with Crippen LogP contribution < -0.4 is 0 Å². The van der Waals surface area contributed by atoms with Gasteiger partial charge in [-0.2, -0.15) is 0 Å². The van der Waals surface area contributed by atoms with Gasteiger partial charge in [0.05, 0.1) is 10.6 Å². The summed E-state index contributed by atoms with van der Waals surface area (Å²) in [6.07, 6.45) is 0.627. The van der Waals surface area contributed by atoms with Gasteiger partial charge in [0, 0.05) is 13.1 Å². The van der Waals surface area contributed by atoms with E-state index in [1.807, 2.05) is 0 Å². The van der Waals surface area contributed by atoms with Crippen molar-refractivity contribution < 1.29 is 9.90 Å². The predicted molar refractivity (Wildman–Crippen MR) is 60.5 cm³/mol. The molecule has 0 radical (unpaired) electrons. The lowest BCUT2D eigenvalue weighted by Crippen LogP contribution is -2.33. The normalized spacial score (nSPS) is 25.9. The van der Waals surface area contributed by atoms with E-state index >= 15 is 0 Å². The molecule has 0 aromatic carbocycles. The highest BCUT2D eigenvalue weighted by molar-refractivity contribution is 7.12. The summed E-state index contributed by atoms with van der Waals surface area (Å²) in [6.45, 7) is 2.73. The van der Waals surface area contributed by atoms with Crippen LogP contribution in [-0.4, -0.2) is 34.6 Å². The van der Waals surface area contributed by atoms with Gasteiger partial charge >= 0.3 is 0 Å². The van der Waals surface area contributed by atoms with Crippen LogP contribution >= 0.6 is 22.9 Å². The molecule has 0 aliphatic carbocycles. The number of rotatable bonds is 1. The molecule has 0 bridgehead atoms. The molecule has 5 heteroatoms. The average Bonchev–Trinajstić information content (AvgIpc) is 2.71. The summed E-state index contributed by atoms with van der Waals surface area (Å²) in [5, 5.41) is 12.0. The Morgan fingerprint density at radius 3 is 2.93 bits per heavy atom. The van der Waals surface area contributed by atoms with Crippen molar-refractivity contribution in [2.45, 2.75) is 18.9 Å². The third-order valence-corrected chi connectivity index (χ3v) is 3.88. The zero-order valence-corrected chi connectivity index (χ0v) is 9.94. The summed E-state index contributed by atoms with van der Waals surface area (Å²) >= 11 is 7.22. The maximum atomic E-state index is 12.0. The molecule has 2 rings (SSSR count). The number of aliphatic hydroxyl groups is 1. The number of hydrogen-bond donors (Lipinski definition) is 1. The van der Waals surface area contributed by atoms with E-state index in [1.54, 1.807) is 23.3 Å². The van der Waals surface area contributed by atoms with E-state index in [2.05, 4.69) is 0 Å². The topological polar surface area (TPSA) is 40.5 Å². The Labute approximate surface area is 97.3 Å². The number of thiophene rings is 1. The number of carbonyl (C=O) groups excluding carboxylic acids is 1. The number of hydrogen-bond acceptors (Lipinski definition) is 3. The van der Waals surface area contributed by atoms with Crippen LogP contribution in [-0.2, 0) is 0 Å². The van der Waals surface area contributed by atoms with Crippen LogP contribution in [0.25, 0.3) is 0 Å². The molecule has 1 N–H and O–H groups in total. The lowest BCUT2D eigenvalue weighted by Gasteiger charge is -2.18. The van der Waals surface area contributed by atoms with Crippen molar-refractivity contribution in [1.29, 1.82) is 0 Å². The van der Waals surface area contributed by atoms with E-state index in [-0.39, 0.29) is 5.91 Å². The first-order valence-electron chi connectivity index (χ1n) is 4.74. The second kappa shape index (κ2) is 3.77. The third-order valence-electron chi connectivity index (χ3n) is 2.55. The quantitative estimate of drug-likeness (QED) is 0.822. The number of nitrogens with zero attached hydrogens (tertiary/aromatic N) is 1. The molecule has 2 heterocycles. The molecule has 0 saturated carbocycles. The van der Waals surface area contributed by atoms with Crippen LogP contribution in [0.3, 0.4) is 0 Å². The van der Waals surface area contributed by atoms with E-state index in [0.717, 1.165) is 0 Å². The Hall–Kier alpha value is -0.580. The van der Waals surface area contributed by atoms with Crippen molar-refractivity contribution in [2.24, 2.45) is 0 Å². The van der Waals surface area contributed by atoms with Gasteiger partial charge in [0.1, 0.15) is 4.88 Å². The van der Waals surface area contributed by atoms with E-state index in [0.29, 0.717) is 29.4 Å². The molecule has 3 nitrogen and oxygen atoms in total. The average molecular weight is 246 g/mol. The van der Waals surface area contributed by atoms with Crippen LogP contribution in [0.2, 0.25) is 5.02 Å². The van der Waals surface area contributed by atoms with Crippen molar-refractivity contribution >= 4 is 28.8 Å². The van der Waals surface area contributed by atoms with Gasteiger partial charge in [-0.15, -0.1) is 11.3 Å². The van der Waals surface area contributed by atoms with Crippen molar-refractivity contribution in [3.8, 4) is 0 Å². The molecule has 1 unspecified atom stereocenters. The van der Waals surface area contributed by atoms with Crippen molar-refractivity contribution in [3.63, 3.8) is 0 Å². The molecule has 1 aromatic rings. The van der Waals surface area contributed by atoms with Crippen molar-refractivity contribution in [1.82, 2.24) is 4.90 Å². The Morgan fingerprint density at radius 2 is 2.47 bits per heavy atom. The monoisotopic (exact) mass is 245 g/mol. The lowest BCUT2D eigenvalue weighted by molar-refractivity contribution is 0.0575. The molecule has 1 aliphatic rings. The minimum Gasteiger partial charge on any atom is -0.388 e. The molecule has 15 heavy (non-hydrogen) atoms. The standard InChI is InChI=1S/C10H12ClNO2S/c1-10(14)3-4-12(6-10)9(13)8-7(11)2-5-15-8/h2,5,14H,3-4,6H2,1H3. The summed E-state index contributed by atoms with van der Waals surface area (Å²) in [4.78, 5) is 14.2. The van der Waals surface area contributed by atoms with Gasteiger partial charge in [-0.05, 0) is 24.8 Å². The fourth-order valence-corrected chi connectivity index (χ4v) is 2.81. The van der Waals surface area contributed by atoms with Gasteiger partial charge in [0.25, 0.3) is 5.91 Å². The van der Waals surface area contributed by atoms with Crippen molar-refractivity contribution in [2.75, 3.05) is 13.1 Å². The SMILES string of the molecule is CC1(O)CCN(C(=O)c2sccc2Cl)C1. The number of likely N-dealkylation sites (tertiary alicyclic amines) is 1. The van der Waals surface area contributed by atoms with Crippen LogP contribution in [0.15, 0.2) is 11.4 Å². The first-order chi connectivity index (χ1) is 6.99. The molecule has 1 saturated heterocycles. The highest BCUT2D eigenvalue weighted by Crippen LogP contribution is 2.27. The molecule has 1 amide bonds. The maximum Gasteiger partial charge on any atom is 0.265 e. The molecular formula is C10H12ClNO2S. The van der Waals surface area contributed by atoms with Gasteiger partial charge in [0.15, 0.2) is 0 Å². The minimum atomic E-state index is -0.751. The third kappa shape index (κ3) is 2.17. The summed E-state index contributed by atoms with van der Waals surface area (Å²) in [7, 11) is 0. The van der Waals surface area contributed by atoms with Gasteiger partial charge in [-0.25, -0.2) is 0 Å². The summed E-state index contributed by atoms with van der Waals surface area (Å²) in [5.74, 6) is -0.0761. The smallest absolute Gasteiger partial charge is 0.265 e. The van der Waals surface area contributed by atoms with E-state index < -0.39 is 5.60 Å². The Balaban J connectivity index is 2.14. The van der Waals surface area contributed by atoms with Crippen LogP contribution in [0.5, 0.6) is 0 Å². The molecule has 1 fully saturated rings. The molecule has 82 valence electrons. The maximum absolute atomic E-state index is 12.0. The molecular weight excluding hydrogens is 234 g/mol. The van der Waals surface area contributed by atoms with Crippen LogP contribution in [0.4, 0.5) is 0 Å². The van der Waals surface area contributed by atoms with E-state index in [9.17, 15) is 9.90 Å². The van der Waals surface area contributed by atoms with Crippen LogP contribution in [0, 0.1) is 0 Å². The first kappa shape index (κ1) is 10.9. The van der Waals surface area contributed by atoms with Crippen LogP contribution in [0.1, 0.15) is 23.0 Å². The van der Waals surface area contributed by atoms with Gasteiger partial charge in [0.2, 0.25) is 0 Å². The minimum absolute atomic E-state index is 0.0761. The number of carbonyl (C=O) groups is 1. The lowest BCUT2D eigenvalue weighted by atomic mass is 10.1. The Morgan fingerprint density at radius 1 is 1.73 bits per heavy atom. The van der Waals surface area contributed by atoms with E-state index in [4.69, 9.17) is 11.6 Å². The number of amides is 1. The number of halogens is 1. The van der Waals surface area contributed by atoms with Gasteiger partial charge < -0.3 is 10.0 Å². The molecule has 1 aromatic heterocycles. The van der Waals surface area contributed by atoms with Gasteiger partial charge in [-0.1, -0.05) is 11.6 Å². The zero-order chi connectivity index (χ0) is 11.1. The second-order valence-electron chi connectivity index (χ2n) is 4.07. The second-order valence-corrected chi connectivity index (χ2v) is 5.39. The van der Waals surface area contributed by atoms with Gasteiger partial charge in [-0.3, -0.25) is 4.79 Å². The predicted octanol–water partition coefficient (Wildman–Crippen LogP) is 2.00. The fourth-order valence-electron chi connectivity index (χ4n) is 1.71. The summed E-state index contributed by atoms with van der Waals surface area (Å²) in [5.41, 5.74) is -0.751. The molecule has 1 aliphatic heterocycles. The zero-order valence-electron chi connectivity index (χ0n) is 8.36. The molecule has 1 atom stereocenters. The summed E-state index contributed by atoms with van der Waals surface area (Å²) < 4.78 is 0. The summed E-state index contributed by atoms with van der Waals surface area (Å²) in [6, 6.07) is 1.72. The number of β-amino-alcohol motifs (C(OH)–C–C–N with tert-alkyl or cyclic N) is 1. The van der Waals surface area contributed by atoms with Crippen molar-refractivity contribution in [3.05, 3.63) is 21.3 Å². The fraction of sp³-hybridized carbons (Fsp3) is 0.500.